The van der Waals surface area contributed by atoms with Crippen LogP contribution in [0.3, 0.4) is 0 Å². The van der Waals surface area contributed by atoms with Gasteiger partial charge in [-0.05, 0) is 55.3 Å². The number of nitriles is 1. The number of ether oxygens (including phenoxy) is 1. The molecule has 0 saturated heterocycles. The van der Waals surface area contributed by atoms with E-state index in [1.54, 1.807) is 19.9 Å². The Hall–Kier alpha value is -2.52. The fourth-order valence-electron chi connectivity index (χ4n) is 2.93. The van der Waals surface area contributed by atoms with Gasteiger partial charge in [0.1, 0.15) is 5.75 Å². The quantitative estimate of drug-likeness (QED) is 0.744. The standard InChI is InChI=1S/C20H21F3N2O/c1-14-7-18(8-15(2)19(14)26-13-20(21,22)23)12-25(3)11-17-6-4-5-16(9-17)10-24/h4-9H,11-13H2,1-3H3. The molecule has 0 spiro atoms. The molecule has 2 aromatic carbocycles. The molecule has 6 heteroatoms. The van der Waals surface area contributed by atoms with Crippen LogP contribution >= 0.6 is 0 Å². The number of aryl methyl sites for hydroxylation is 2. The van der Waals surface area contributed by atoms with Gasteiger partial charge in [0.05, 0.1) is 11.6 Å². The molecule has 0 aliphatic heterocycles. The maximum Gasteiger partial charge on any atom is 0.422 e. The lowest BCUT2D eigenvalue weighted by atomic mass is 10.0. The molecule has 0 heterocycles. The summed E-state index contributed by atoms with van der Waals surface area (Å²) in [7, 11) is 1.96. The minimum Gasteiger partial charge on any atom is -0.484 e. The first-order valence-corrected chi connectivity index (χ1v) is 8.15. The molecular weight excluding hydrogens is 341 g/mol. The Labute approximate surface area is 151 Å². The fraction of sp³-hybridized carbons (Fsp3) is 0.350. The van der Waals surface area contributed by atoms with E-state index in [4.69, 9.17) is 10.00 Å². The maximum absolute atomic E-state index is 12.4. The van der Waals surface area contributed by atoms with Crippen LogP contribution in [-0.4, -0.2) is 24.7 Å². The van der Waals surface area contributed by atoms with Gasteiger partial charge < -0.3 is 4.74 Å². The lowest BCUT2D eigenvalue weighted by Crippen LogP contribution is -2.20. The number of nitrogens with zero attached hydrogens (tertiary/aromatic N) is 2. The van der Waals surface area contributed by atoms with Crippen LogP contribution in [-0.2, 0) is 13.1 Å². The summed E-state index contributed by atoms with van der Waals surface area (Å²) in [4.78, 5) is 2.08. The number of alkyl halides is 3. The van der Waals surface area contributed by atoms with E-state index in [-0.39, 0.29) is 5.75 Å². The number of hydrogen-bond donors (Lipinski definition) is 0. The van der Waals surface area contributed by atoms with E-state index in [1.165, 1.54) is 0 Å². The van der Waals surface area contributed by atoms with Gasteiger partial charge in [-0.3, -0.25) is 4.90 Å². The van der Waals surface area contributed by atoms with Crippen molar-refractivity contribution in [1.82, 2.24) is 4.90 Å². The average Bonchev–Trinajstić information content (AvgIpc) is 2.53. The third kappa shape index (κ3) is 5.78. The Balaban J connectivity index is 2.06. The Bertz CT molecular complexity index is 786. The second kappa shape index (κ2) is 8.24. The summed E-state index contributed by atoms with van der Waals surface area (Å²) in [6.07, 6.45) is -4.35. The smallest absolute Gasteiger partial charge is 0.422 e. The lowest BCUT2D eigenvalue weighted by Gasteiger charge is -2.19. The van der Waals surface area contributed by atoms with Gasteiger partial charge in [0, 0.05) is 13.1 Å². The Kier molecular flexibility index (Phi) is 6.27. The molecule has 0 unspecified atom stereocenters. The zero-order valence-corrected chi connectivity index (χ0v) is 15.0. The van der Waals surface area contributed by atoms with Crippen molar-refractivity contribution in [3.8, 4) is 11.8 Å². The number of benzene rings is 2. The van der Waals surface area contributed by atoms with Crippen molar-refractivity contribution < 1.29 is 17.9 Å². The summed E-state index contributed by atoms with van der Waals surface area (Å²) in [5, 5.41) is 8.97. The highest BCUT2D eigenvalue weighted by molar-refractivity contribution is 5.43. The first kappa shape index (κ1) is 19.8. The largest absolute Gasteiger partial charge is 0.484 e. The molecule has 0 saturated carbocycles. The maximum atomic E-state index is 12.4. The third-order valence-electron chi connectivity index (χ3n) is 3.86. The molecule has 0 aromatic heterocycles. The van der Waals surface area contributed by atoms with Crippen LogP contribution in [0.4, 0.5) is 13.2 Å². The van der Waals surface area contributed by atoms with E-state index >= 15 is 0 Å². The van der Waals surface area contributed by atoms with E-state index < -0.39 is 12.8 Å². The van der Waals surface area contributed by atoms with Crippen molar-refractivity contribution in [2.75, 3.05) is 13.7 Å². The highest BCUT2D eigenvalue weighted by Gasteiger charge is 2.29. The third-order valence-corrected chi connectivity index (χ3v) is 3.86. The molecular formula is C20H21F3N2O. The molecule has 0 radical (unpaired) electrons. The molecule has 0 N–H and O–H groups in total. The monoisotopic (exact) mass is 362 g/mol. The van der Waals surface area contributed by atoms with Crippen LogP contribution in [0.25, 0.3) is 0 Å². The molecule has 3 nitrogen and oxygen atoms in total. The second-order valence-corrected chi connectivity index (χ2v) is 6.45. The van der Waals surface area contributed by atoms with Gasteiger partial charge in [-0.25, -0.2) is 0 Å². The summed E-state index contributed by atoms with van der Waals surface area (Å²) < 4.78 is 42.0. The van der Waals surface area contributed by atoms with Gasteiger partial charge in [-0.2, -0.15) is 18.4 Å². The van der Waals surface area contributed by atoms with Crippen LogP contribution in [0.15, 0.2) is 36.4 Å². The van der Waals surface area contributed by atoms with Crippen LogP contribution in [0.2, 0.25) is 0 Å². The summed E-state index contributed by atoms with van der Waals surface area (Å²) in [6.45, 7) is 3.51. The van der Waals surface area contributed by atoms with E-state index in [2.05, 4.69) is 11.0 Å². The predicted octanol–water partition coefficient (Wildman–Crippen LogP) is 4.75. The topological polar surface area (TPSA) is 36.3 Å². The molecule has 0 atom stereocenters. The molecule has 2 rings (SSSR count). The predicted molar refractivity (Wildman–Crippen MR) is 93.8 cm³/mol. The molecule has 0 aliphatic carbocycles. The van der Waals surface area contributed by atoms with Crippen molar-refractivity contribution in [3.63, 3.8) is 0 Å². The molecule has 0 amide bonds. The van der Waals surface area contributed by atoms with E-state index in [0.29, 0.717) is 29.8 Å². The van der Waals surface area contributed by atoms with Gasteiger partial charge in [-0.1, -0.05) is 24.3 Å². The Morgan fingerprint density at radius 2 is 1.65 bits per heavy atom. The zero-order valence-electron chi connectivity index (χ0n) is 15.0. The minimum atomic E-state index is -4.35. The number of hydrogen-bond acceptors (Lipinski definition) is 3. The molecule has 0 aliphatic rings. The van der Waals surface area contributed by atoms with Crippen molar-refractivity contribution in [2.24, 2.45) is 0 Å². The molecule has 0 fully saturated rings. The Morgan fingerprint density at radius 1 is 1.04 bits per heavy atom. The summed E-state index contributed by atoms with van der Waals surface area (Å²) >= 11 is 0. The molecule has 26 heavy (non-hydrogen) atoms. The average molecular weight is 362 g/mol. The summed E-state index contributed by atoms with van der Waals surface area (Å²) in [5.41, 5.74) is 4.02. The van der Waals surface area contributed by atoms with Crippen LogP contribution in [0.5, 0.6) is 5.75 Å². The Morgan fingerprint density at radius 3 is 2.23 bits per heavy atom. The van der Waals surface area contributed by atoms with Crippen molar-refractivity contribution in [1.29, 1.82) is 5.26 Å². The van der Waals surface area contributed by atoms with Gasteiger partial charge in [0.15, 0.2) is 6.61 Å². The normalized spacial score (nSPS) is 11.5. The summed E-state index contributed by atoms with van der Waals surface area (Å²) in [6, 6.07) is 13.2. The minimum absolute atomic E-state index is 0.287. The molecule has 0 bridgehead atoms. The van der Waals surface area contributed by atoms with Gasteiger partial charge in [0.25, 0.3) is 0 Å². The fourth-order valence-corrected chi connectivity index (χ4v) is 2.93. The van der Waals surface area contributed by atoms with Crippen LogP contribution < -0.4 is 4.74 Å². The van der Waals surface area contributed by atoms with E-state index in [9.17, 15) is 13.2 Å². The van der Waals surface area contributed by atoms with Crippen molar-refractivity contribution in [2.45, 2.75) is 33.1 Å². The molecule has 2 aromatic rings. The summed E-state index contributed by atoms with van der Waals surface area (Å²) in [5.74, 6) is 0.287. The molecule has 138 valence electrons. The number of rotatable bonds is 6. The zero-order chi connectivity index (χ0) is 19.3. The van der Waals surface area contributed by atoms with Gasteiger partial charge in [0.2, 0.25) is 0 Å². The second-order valence-electron chi connectivity index (χ2n) is 6.45. The highest BCUT2D eigenvalue weighted by atomic mass is 19.4. The van der Waals surface area contributed by atoms with Crippen LogP contribution in [0, 0.1) is 25.2 Å². The first-order valence-electron chi connectivity index (χ1n) is 8.15. The first-order chi connectivity index (χ1) is 12.2. The number of halogens is 3. The van der Waals surface area contributed by atoms with E-state index in [1.807, 2.05) is 37.4 Å². The SMILES string of the molecule is Cc1cc(CN(C)Cc2cccc(C#N)c2)cc(C)c1OCC(F)(F)F. The van der Waals surface area contributed by atoms with Crippen molar-refractivity contribution in [3.05, 3.63) is 64.2 Å². The van der Waals surface area contributed by atoms with E-state index in [0.717, 1.165) is 11.1 Å². The van der Waals surface area contributed by atoms with Crippen LogP contribution in [0.1, 0.15) is 27.8 Å². The highest BCUT2D eigenvalue weighted by Crippen LogP contribution is 2.27. The van der Waals surface area contributed by atoms with Gasteiger partial charge >= 0.3 is 6.18 Å². The van der Waals surface area contributed by atoms with Gasteiger partial charge in [-0.15, -0.1) is 0 Å². The van der Waals surface area contributed by atoms with Crippen molar-refractivity contribution >= 4 is 0 Å². The lowest BCUT2D eigenvalue weighted by molar-refractivity contribution is -0.153.